The summed E-state index contributed by atoms with van der Waals surface area (Å²) in [6.45, 7) is 8.95. The molecule has 2 fully saturated rings. The lowest BCUT2D eigenvalue weighted by Gasteiger charge is -2.34. The first-order chi connectivity index (χ1) is 26.0. The van der Waals surface area contributed by atoms with Crippen LogP contribution in [-0.4, -0.2) is 75.0 Å². The van der Waals surface area contributed by atoms with E-state index in [0.29, 0.717) is 43.2 Å². The number of aryl methyl sites for hydroxylation is 1. The summed E-state index contributed by atoms with van der Waals surface area (Å²) in [6.07, 6.45) is 3.42. The number of likely N-dealkylation sites (tertiary alicyclic amines) is 1. The zero-order chi connectivity index (χ0) is 38.5. The molecule has 3 aromatic rings. The second-order valence-electron chi connectivity index (χ2n) is 14.5. The van der Waals surface area contributed by atoms with Crippen LogP contribution in [0.1, 0.15) is 96.8 Å². The summed E-state index contributed by atoms with van der Waals surface area (Å²) in [4.78, 5) is 38.1. The number of alkyl halides is 3. The Labute approximate surface area is 316 Å². The van der Waals surface area contributed by atoms with Crippen molar-refractivity contribution in [1.29, 1.82) is 0 Å². The molecule has 0 spiro atoms. The van der Waals surface area contributed by atoms with Crippen LogP contribution in [0.25, 0.3) is 0 Å². The molecular weight excluding hydrogens is 697 g/mol. The minimum absolute atomic E-state index is 0.0212. The SMILES string of the molecule is Cc1ccc(N2CCC(c3ccc(OCCCCN4CCC(Oc5ccc(C=O)c(CNC(C)CCC(=O)NC=O)c5)CC4)cc3)CC2)cc1C(F)(F)F. The third-order valence-corrected chi connectivity index (χ3v) is 10.6. The first-order valence-corrected chi connectivity index (χ1v) is 19.1. The van der Waals surface area contributed by atoms with Gasteiger partial charge in [-0.3, -0.25) is 19.7 Å². The maximum Gasteiger partial charge on any atom is 0.416 e. The average molecular weight is 751 g/mol. The third-order valence-electron chi connectivity index (χ3n) is 10.6. The van der Waals surface area contributed by atoms with Crippen LogP contribution in [0.15, 0.2) is 60.7 Å². The van der Waals surface area contributed by atoms with Crippen molar-refractivity contribution in [2.45, 2.75) is 96.0 Å². The van der Waals surface area contributed by atoms with E-state index >= 15 is 0 Å². The number of carbonyl (C=O) groups is 3. The molecule has 292 valence electrons. The largest absolute Gasteiger partial charge is 0.494 e. The number of amides is 2. The molecule has 0 aromatic heterocycles. The predicted molar refractivity (Wildman–Crippen MR) is 203 cm³/mol. The van der Waals surface area contributed by atoms with Gasteiger partial charge in [-0.2, -0.15) is 13.2 Å². The summed E-state index contributed by atoms with van der Waals surface area (Å²) in [7, 11) is 0. The van der Waals surface area contributed by atoms with Gasteiger partial charge in [0, 0.05) is 56.4 Å². The van der Waals surface area contributed by atoms with Gasteiger partial charge in [0.25, 0.3) is 0 Å². The maximum absolute atomic E-state index is 13.4. The monoisotopic (exact) mass is 750 g/mol. The number of carbonyl (C=O) groups excluding carboxylic acids is 3. The zero-order valence-electron chi connectivity index (χ0n) is 31.3. The number of hydrogen-bond donors (Lipinski definition) is 2. The van der Waals surface area contributed by atoms with Crippen LogP contribution < -0.4 is 25.0 Å². The summed E-state index contributed by atoms with van der Waals surface area (Å²) in [6, 6.07) is 18.5. The molecule has 0 aliphatic carbocycles. The minimum atomic E-state index is -4.35. The van der Waals surface area contributed by atoms with E-state index in [9.17, 15) is 27.6 Å². The third kappa shape index (κ3) is 12.0. The molecule has 1 unspecified atom stereocenters. The number of rotatable bonds is 18. The number of imide groups is 1. The Bertz CT molecular complexity index is 1670. The van der Waals surface area contributed by atoms with Gasteiger partial charge < -0.3 is 24.6 Å². The van der Waals surface area contributed by atoms with E-state index in [0.717, 1.165) is 94.6 Å². The number of nitrogens with zero attached hydrogens (tertiary/aromatic N) is 2. The van der Waals surface area contributed by atoms with Gasteiger partial charge >= 0.3 is 6.18 Å². The van der Waals surface area contributed by atoms with E-state index in [4.69, 9.17) is 9.47 Å². The fourth-order valence-corrected chi connectivity index (χ4v) is 7.29. The summed E-state index contributed by atoms with van der Waals surface area (Å²) < 4.78 is 52.6. The van der Waals surface area contributed by atoms with Gasteiger partial charge in [0.05, 0.1) is 12.2 Å². The van der Waals surface area contributed by atoms with Crippen molar-refractivity contribution in [2.24, 2.45) is 0 Å². The van der Waals surface area contributed by atoms with Gasteiger partial charge in [-0.25, -0.2) is 0 Å². The molecule has 0 saturated carbocycles. The van der Waals surface area contributed by atoms with E-state index < -0.39 is 11.7 Å². The van der Waals surface area contributed by atoms with Crippen molar-refractivity contribution in [3.8, 4) is 11.5 Å². The Balaban J connectivity index is 0.957. The van der Waals surface area contributed by atoms with Gasteiger partial charge in [0.1, 0.15) is 23.9 Å². The fourth-order valence-electron chi connectivity index (χ4n) is 7.29. The van der Waals surface area contributed by atoms with E-state index in [1.807, 2.05) is 31.2 Å². The first kappa shape index (κ1) is 40.8. The molecule has 2 amide bonds. The number of anilines is 1. The summed E-state index contributed by atoms with van der Waals surface area (Å²) >= 11 is 0. The highest BCUT2D eigenvalue weighted by Crippen LogP contribution is 2.36. The van der Waals surface area contributed by atoms with Crippen molar-refractivity contribution >= 4 is 24.3 Å². The topological polar surface area (TPSA) is 100 Å². The minimum Gasteiger partial charge on any atom is -0.494 e. The number of aldehydes is 1. The summed E-state index contributed by atoms with van der Waals surface area (Å²) in [5.41, 5.74) is 3.01. The van der Waals surface area contributed by atoms with Crippen molar-refractivity contribution in [2.75, 3.05) is 44.2 Å². The molecule has 2 aliphatic heterocycles. The maximum atomic E-state index is 13.4. The molecule has 0 bridgehead atoms. The average Bonchev–Trinajstić information content (AvgIpc) is 3.17. The Morgan fingerprint density at radius 1 is 0.926 bits per heavy atom. The number of unbranched alkanes of at least 4 members (excludes halogenated alkanes) is 1. The zero-order valence-corrected chi connectivity index (χ0v) is 31.3. The molecule has 5 rings (SSSR count). The molecule has 0 radical (unpaired) electrons. The Morgan fingerprint density at radius 3 is 2.33 bits per heavy atom. The number of nitrogens with one attached hydrogen (secondary N) is 2. The van der Waals surface area contributed by atoms with Crippen LogP contribution in [0.2, 0.25) is 0 Å². The summed E-state index contributed by atoms with van der Waals surface area (Å²) in [5.74, 6) is 1.65. The highest BCUT2D eigenvalue weighted by atomic mass is 19.4. The molecule has 9 nitrogen and oxygen atoms in total. The number of piperidine rings is 2. The smallest absolute Gasteiger partial charge is 0.416 e. The lowest BCUT2D eigenvalue weighted by atomic mass is 9.89. The Kier molecular flexibility index (Phi) is 14.9. The second-order valence-corrected chi connectivity index (χ2v) is 14.5. The molecule has 3 aromatic carbocycles. The normalized spacial score (nSPS) is 16.5. The highest BCUT2D eigenvalue weighted by Gasteiger charge is 2.33. The van der Waals surface area contributed by atoms with Gasteiger partial charge in [-0.05, 0) is 130 Å². The standard InChI is InChI=1S/C42H53F3N4O5/c1-30-5-10-36(26-40(30)42(43,44)45)49-22-15-33(16-23-49)32-7-11-37(12-8-32)53-24-4-3-19-48-20-17-38(18-21-48)54-39-13-9-34(28-50)35(25-39)27-46-31(2)6-14-41(52)47-29-51/h5,7-13,25-26,28-29,31,33,38,46H,3-4,6,14-24,27H2,1-2H3,(H,47,51,52). The van der Waals surface area contributed by atoms with Crippen LogP contribution in [0.5, 0.6) is 11.5 Å². The second kappa shape index (κ2) is 19.8. The van der Waals surface area contributed by atoms with Gasteiger partial charge in [-0.15, -0.1) is 0 Å². The lowest BCUT2D eigenvalue weighted by molar-refractivity contribution is -0.138. The van der Waals surface area contributed by atoms with Crippen LogP contribution in [0.4, 0.5) is 18.9 Å². The van der Waals surface area contributed by atoms with Gasteiger partial charge in [0.2, 0.25) is 12.3 Å². The van der Waals surface area contributed by atoms with Crippen LogP contribution in [0, 0.1) is 6.92 Å². The number of ether oxygens (including phenoxy) is 2. The number of halogens is 3. The van der Waals surface area contributed by atoms with Gasteiger partial charge in [-0.1, -0.05) is 18.2 Å². The molecule has 2 saturated heterocycles. The van der Waals surface area contributed by atoms with E-state index in [-0.39, 0.29) is 30.0 Å². The number of hydrogen-bond acceptors (Lipinski definition) is 8. The highest BCUT2D eigenvalue weighted by molar-refractivity contribution is 5.85. The first-order valence-electron chi connectivity index (χ1n) is 19.1. The van der Waals surface area contributed by atoms with E-state index in [1.54, 1.807) is 18.2 Å². The van der Waals surface area contributed by atoms with Crippen LogP contribution in [0.3, 0.4) is 0 Å². The van der Waals surface area contributed by atoms with Crippen molar-refractivity contribution in [3.63, 3.8) is 0 Å². The van der Waals surface area contributed by atoms with Crippen LogP contribution >= 0.6 is 0 Å². The molecule has 2 aliphatic rings. The molecular formula is C42H53F3N4O5. The van der Waals surface area contributed by atoms with Crippen molar-refractivity contribution < 1.29 is 37.0 Å². The fraction of sp³-hybridized carbons (Fsp3) is 0.500. The van der Waals surface area contributed by atoms with Crippen LogP contribution in [-0.2, 0) is 22.3 Å². The molecule has 2 N–H and O–H groups in total. The summed E-state index contributed by atoms with van der Waals surface area (Å²) in [5, 5.41) is 5.49. The van der Waals surface area contributed by atoms with E-state index in [1.165, 1.54) is 18.6 Å². The Morgan fingerprint density at radius 2 is 1.65 bits per heavy atom. The molecule has 2 heterocycles. The van der Waals surface area contributed by atoms with Crippen molar-refractivity contribution in [3.05, 3.63) is 88.5 Å². The predicted octanol–water partition coefficient (Wildman–Crippen LogP) is 7.44. The quantitative estimate of drug-likeness (QED) is 0.102. The molecule has 1 atom stereocenters. The van der Waals surface area contributed by atoms with E-state index in [2.05, 4.69) is 32.6 Å². The Hall–Kier alpha value is -4.42. The number of benzene rings is 3. The van der Waals surface area contributed by atoms with Gasteiger partial charge in [0.15, 0.2) is 0 Å². The lowest BCUT2D eigenvalue weighted by Crippen LogP contribution is -2.38. The van der Waals surface area contributed by atoms with Crippen molar-refractivity contribution in [1.82, 2.24) is 15.5 Å². The molecule has 12 heteroatoms. The molecule has 54 heavy (non-hydrogen) atoms.